The van der Waals surface area contributed by atoms with E-state index in [-0.39, 0.29) is 0 Å². The SMILES string of the molecule is CC1C[CH]C(C(C)C)CC1.[Cl][Mg][Cl]. The van der Waals surface area contributed by atoms with E-state index in [1.54, 1.807) is 0 Å². The molecule has 0 aromatic rings. The predicted molar refractivity (Wildman–Crippen MR) is 63.1 cm³/mol. The molecule has 0 aromatic carbocycles. The molecule has 1 aliphatic carbocycles. The van der Waals surface area contributed by atoms with Crippen molar-refractivity contribution in [1.82, 2.24) is 0 Å². The van der Waals surface area contributed by atoms with Crippen molar-refractivity contribution in [2.75, 3.05) is 0 Å². The zero-order chi connectivity index (χ0) is 10.3. The van der Waals surface area contributed by atoms with Crippen molar-refractivity contribution in [2.24, 2.45) is 17.8 Å². The largest absolute Gasteiger partial charge is 0.618 e. The molecule has 1 radical (unpaired) electrons. The van der Waals surface area contributed by atoms with E-state index in [9.17, 15) is 0 Å². The molecule has 0 amide bonds. The summed E-state index contributed by atoms with van der Waals surface area (Å²) in [4.78, 5) is 0. The Bertz CT molecular complexity index is 109. The Labute approximate surface area is 100 Å². The van der Waals surface area contributed by atoms with Crippen molar-refractivity contribution in [3.8, 4) is 0 Å². The molecule has 0 aliphatic heterocycles. The zero-order valence-corrected chi connectivity index (χ0v) is 11.8. The molecule has 2 atom stereocenters. The summed E-state index contributed by atoms with van der Waals surface area (Å²) in [5.74, 6) is 2.73. The van der Waals surface area contributed by atoms with Crippen LogP contribution in [0.5, 0.6) is 0 Å². The minimum atomic E-state index is -0.639. The predicted octanol–water partition coefficient (Wildman–Crippen LogP) is 4.28. The van der Waals surface area contributed by atoms with Gasteiger partial charge >= 0.3 is 18.2 Å². The molecule has 1 rings (SSSR count). The summed E-state index contributed by atoms with van der Waals surface area (Å²) in [6.45, 7) is 7.02. The fraction of sp³-hybridized carbons (Fsp3) is 0.900. The molecule has 0 nitrogen and oxygen atoms in total. The smallest absolute Gasteiger partial charge is 0.309 e. The van der Waals surface area contributed by atoms with Gasteiger partial charge in [0.15, 0.2) is 0 Å². The quantitative estimate of drug-likeness (QED) is 0.594. The molecule has 3 heteroatoms. The van der Waals surface area contributed by atoms with Crippen LogP contribution in [-0.2, 0) is 0 Å². The normalized spacial score (nSPS) is 27.5. The van der Waals surface area contributed by atoms with Gasteiger partial charge in [0.2, 0.25) is 0 Å². The van der Waals surface area contributed by atoms with E-state index >= 15 is 0 Å². The number of halogens is 2. The third-order valence-corrected chi connectivity index (χ3v) is 2.69. The molecule has 1 fully saturated rings. The van der Waals surface area contributed by atoms with Crippen molar-refractivity contribution < 1.29 is 0 Å². The second kappa shape index (κ2) is 8.64. The van der Waals surface area contributed by atoms with Crippen molar-refractivity contribution in [2.45, 2.75) is 40.0 Å². The average molecular weight is 234 g/mol. The van der Waals surface area contributed by atoms with E-state index < -0.39 is 18.2 Å². The van der Waals surface area contributed by atoms with Crippen LogP contribution in [0.25, 0.3) is 0 Å². The average Bonchev–Trinajstić information content (AvgIpc) is 2.06. The summed E-state index contributed by atoms with van der Waals surface area (Å²) in [7, 11) is 9.81. The van der Waals surface area contributed by atoms with Crippen LogP contribution in [0.4, 0.5) is 0 Å². The lowest BCUT2D eigenvalue weighted by molar-refractivity contribution is 0.302. The summed E-state index contributed by atoms with van der Waals surface area (Å²) in [5, 5.41) is 0. The highest BCUT2D eigenvalue weighted by Crippen LogP contribution is 2.31. The maximum absolute atomic E-state index is 4.90. The van der Waals surface area contributed by atoms with Gasteiger partial charge in [0.1, 0.15) is 0 Å². The topological polar surface area (TPSA) is 0 Å². The van der Waals surface area contributed by atoms with Gasteiger partial charge < -0.3 is 18.1 Å². The Hall–Kier alpha value is 1.35. The molecule has 0 N–H and O–H groups in total. The fourth-order valence-electron chi connectivity index (χ4n) is 1.73. The third kappa shape index (κ3) is 7.30. The summed E-state index contributed by atoms with van der Waals surface area (Å²) < 4.78 is 0. The molecule has 0 aromatic heterocycles. The molecule has 1 saturated carbocycles. The van der Waals surface area contributed by atoms with Crippen LogP contribution in [0.3, 0.4) is 0 Å². The lowest BCUT2D eigenvalue weighted by Crippen LogP contribution is -2.17. The van der Waals surface area contributed by atoms with Gasteiger partial charge in [-0.3, -0.25) is 0 Å². The van der Waals surface area contributed by atoms with Crippen LogP contribution >= 0.6 is 18.1 Å². The van der Waals surface area contributed by atoms with Crippen LogP contribution in [0.2, 0.25) is 0 Å². The second-order valence-electron chi connectivity index (χ2n) is 4.16. The Kier molecular flexibility index (Phi) is 9.53. The van der Waals surface area contributed by atoms with Crippen molar-refractivity contribution in [3.05, 3.63) is 6.42 Å². The van der Waals surface area contributed by atoms with Gasteiger partial charge in [-0.05, 0) is 37.0 Å². The Morgan fingerprint density at radius 2 is 1.85 bits per heavy atom. The molecule has 2 unspecified atom stereocenters. The van der Waals surface area contributed by atoms with E-state index in [1.807, 2.05) is 0 Å². The lowest BCUT2D eigenvalue weighted by atomic mass is 9.78. The summed E-state index contributed by atoms with van der Waals surface area (Å²) >= 11 is -0.639. The number of hydrogen-bond donors (Lipinski definition) is 0. The summed E-state index contributed by atoms with van der Waals surface area (Å²) in [5.41, 5.74) is 0. The molecule has 0 heterocycles. The standard InChI is InChI=1S/C10H19.2ClH.Mg/c1-8(2)10-6-4-9(3)5-7-10;;;/h6,8-10H,4-5,7H2,1-3H3;2*1H;/q;;;+2/p-2. The number of rotatable bonds is 1. The number of hydrogen-bond acceptors (Lipinski definition) is 0. The van der Waals surface area contributed by atoms with Gasteiger partial charge in [-0.25, -0.2) is 0 Å². The van der Waals surface area contributed by atoms with Crippen LogP contribution in [0, 0.1) is 24.2 Å². The first-order chi connectivity index (χ1) is 6.11. The Balaban J connectivity index is 0.000000424. The molecule has 1 aliphatic rings. The third-order valence-electron chi connectivity index (χ3n) is 2.69. The van der Waals surface area contributed by atoms with Crippen LogP contribution in [0.15, 0.2) is 0 Å². The molecule has 75 valence electrons. The van der Waals surface area contributed by atoms with Gasteiger partial charge in [0, 0.05) is 0 Å². The molecular formula is C10H19Cl2Mg. The Morgan fingerprint density at radius 3 is 2.15 bits per heavy atom. The first kappa shape index (κ1) is 14.3. The zero-order valence-electron chi connectivity index (χ0n) is 8.89. The van der Waals surface area contributed by atoms with Gasteiger partial charge in [-0.2, -0.15) is 0 Å². The maximum atomic E-state index is 4.90. The van der Waals surface area contributed by atoms with Crippen LogP contribution in [-0.4, -0.2) is 18.2 Å². The van der Waals surface area contributed by atoms with Crippen LogP contribution < -0.4 is 0 Å². The van der Waals surface area contributed by atoms with E-state index in [0.29, 0.717) is 0 Å². The molecule has 0 spiro atoms. The lowest BCUT2D eigenvalue weighted by Gasteiger charge is -2.28. The van der Waals surface area contributed by atoms with E-state index in [4.69, 9.17) is 18.1 Å². The minimum Gasteiger partial charge on any atom is -0.309 e. The van der Waals surface area contributed by atoms with Crippen molar-refractivity contribution in [3.63, 3.8) is 0 Å². The Morgan fingerprint density at radius 1 is 1.31 bits per heavy atom. The second-order valence-corrected chi connectivity index (χ2v) is 6.79. The highest BCUT2D eigenvalue weighted by atomic mass is 35.6. The molecule has 0 bridgehead atoms. The molecule has 0 saturated heterocycles. The van der Waals surface area contributed by atoms with Crippen molar-refractivity contribution >= 4 is 36.3 Å². The molecule has 13 heavy (non-hydrogen) atoms. The van der Waals surface area contributed by atoms with Crippen LogP contribution in [0.1, 0.15) is 40.0 Å². The molecular weight excluding hydrogens is 215 g/mol. The van der Waals surface area contributed by atoms with E-state index in [0.717, 1.165) is 17.8 Å². The maximum Gasteiger partial charge on any atom is 0.618 e. The fourth-order valence-corrected chi connectivity index (χ4v) is 1.73. The van der Waals surface area contributed by atoms with Gasteiger partial charge in [0.25, 0.3) is 0 Å². The van der Waals surface area contributed by atoms with Crippen molar-refractivity contribution in [1.29, 1.82) is 0 Å². The minimum absolute atomic E-state index is 0.639. The monoisotopic (exact) mass is 233 g/mol. The van der Waals surface area contributed by atoms with Gasteiger partial charge in [0.05, 0.1) is 0 Å². The van der Waals surface area contributed by atoms with Gasteiger partial charge in [-0.15, -0.1) is 0 Å². The van der Waals surface area contributed by atoms with Gasteiger partial charge in [-0.1, -0.05) is 27.2 Å². The first-order valence-corrected chi connectivity index (χ1v) is 9.34. The van der Waals surface area contributed by atoms with E-state index in [2.05, 4.69) is 27.2 Å². The summed E-state index contributed by atoms with van der Waals surface area (Å²) in [6, 6.07) is 0. The highest BCUT2D eigenvalue weighted by Gasteiger charge is 2.20. The first-order valence-electron chi connectivity index (χ1n) is 5.07. The summed E-state index contributed by atoms with van der Waals surface area (Å²) in [6.07, 6.45) is 6.75. The van der Waals surface area contributed by atoms with E-state index in [1.165, 1.54) is 19.3 Å². The highest BCUT2D eigenvalue weighted by molar-refractivity contribution is 7.22.